The molecule has 3 nitrogen and oxygen atoms in total. The van der Waals surface area contributed by atoms with Crippen molar-refractivity contribution in [3.05, 3.63) is 33.8 Å². The second kappa shape index (κ2) is 5.25. The molecule has 0 amide bonds. The molecule has 2 atom stereocenters. The van der Waals surface area contributed by atoms with Gasteiger partial charge in [0.2, 0.25) is 0 Å². The molecule has 2 unspecified atom stereocenters. The summed E-state index contributed by atoms with van der Waals surface area (Å²) in [5.74, 6) is -0.340. The average Bonchev–Trinajstić information content (AvgIpc) is 3.20. The number of carboxylic acids is 1. The third-order valence-electron chi connectivity index (χ3n) is 4.17. The molecule has 2 aliphatic carbocycles. The van der Waals surface area contributed by atoms with E-state index in [0.29, 0.717) is 12.0 Å². The van der Waals surface area contributed by atoms with Gasteiger partial charge in [-0.3, -0.25) is 4.79 Å². The highest BCUT2D eigenvalue weighted by Gasteiger charge is 2.37. The van der Waals surface area contributed by atoms with E-state index in [1.165, 1.54) is 11.1 Å². The molecule has 0 bridgehead atoms. The minimum Gasteiger partial charge on any atom is -0.480 e. The van der Waals surface area contributed by atoms with Crippen LogP contribution in [0.2, 0.25) is 0 Å². The first kappa shape index (κ1) is 13.1. The van der Waals surface area contributed by atoms with Gasteiger partial charge in [-0.25, -0.2) is 0 Å². The zero-order chi connectivity index (χ0) is 13.4. The number of carboxylic acid groups (broad SMARTS) is 1. The van der Waals surface area contributed by atoms with Crippen LogP contribution < -0.4 is 5.32 Å². The predicted octanol–water partition coefficient (Wildman–Crippen LogP) is 2.76. The first-order valence-corrected chi connectivity index (χ1v) is 7.69. The molecule has 0 aromatic heterocycles. The molecule has 1 fully saturated rings. The van der Waals surface area contributed by atoms with Gasteiger partial charge in [0, 0.05) is 10.5 Å². The Morgan fingerprint density at radius 1 is 1.32 bits per heavy atom. The molecule has 3 rings (SSSR count). The summed E-state index contributed by atoms with van der Waals surface area (Å²) < 4.78 is 1.12. The van der Waals surface area contributed by atoms with Crippen molar-refractivity contribution in [2.75, 3.05) is 0 Å². The molecule has 2 aliphatic rings. The largest absolute Gasteiger partial charge is 0.480 e. The highest BCUT2D eigenvalue weighted by atomic mass is 79.9. The fourth-order valence-corrected chi connectivity index (χ4v) is 3.37. The number of aliphatic carboxylic acids is 1. The van der Waals surface area contributed by atoms with E-state index in [1.54, 1.807) is 0 Å². The second-order valence-electron chi connectivity index (χ2n) is 5.67. The quantitative estimate of drug-likeness (QED) is 0.895. The van der Waals surface area contributed by atoms with E-state index >= 15 is 0 Å². The van der Waals surface area contributed by atoms with E-state index in [4.69, 9.17) is 0 Å². The minimum absolute atomic E-state index is 0.301. The van der Waals surface area contributed by atoms with Crippen LogP contribution in [0, 0.1) is 5.92 Å². The first-order valence-electron chi connectivity index (χ1n) is 6.89. The van der Waals surface area contributed by atoms with Crippen molar-refractivity contribution >= 4 is 21.9 Å². The maximum absolute atomic E-state index is 11.3. The van der Waals surface area contributed by atoms with Crippen molar-refractivity contribution < 1.29 is 9.90 Å². The average molecular weight is 324 g/mol. The topological polar surface area (TPSA) is 49.3 Å². The van der Waals surface area contributed by atoms with Gasteiger partial charge in [-0.2, -0.15) is 0 Å². The van der Waals surface area contributed by atoms with E-state index < -0.39 is 5.97 Å². The standard InChI is InChI=1S/C15H18BrNO2/c16-12-5-3-11-8-13(6-4-10(11)7-12)17-14(15(18)19)9-1-2-9/h3,5,7,9,13-14,17H,1-2,4,6,8H2,(H,18,19). The molecule has 19 heavy (non-hydrogen) atoms. The van der Waals surface area contributed by atoms with E-state index in [2.05, 4.69) is 39.4 Å². The first-order chi connectivity index (χ1) is 9.13. The number of hydrogen-bond acceptors (Lipinski definition) is 2. The highest BCUT2D eigenvalue weighted by Crippen LogP contribution is 2.34. The number of rotatable bonds is 4. The number of halogens is 1. The van der Waals surface area contributed by atoms with Crippen LogP contribution in [0.5, 0.6) is 0 Å². The molecule has 0 radical (unpaired) electrons. The van der Waals surface area contributed by atoms with Crippen molar-refractivity contribution in [2.45, 2.75) is 44.2 Å². The molecule has 102 valence electrons. The van der Waals surface area contributed by atoms with Crippen LogP contribution in [0.4, 0.5) is 0 Å². The molecule has 1 saturated carbocycles. The smallest absolute Gasteiger partial charge is 0.320 e. The molecule has 2 N–H and O–H groups in total. The monoisotopic (exact) mass is 323 g/mol. The Balaban J connectivity index is 1.68. The summed E-state index contributed by atoms with van der Waals surface area (Å²) in [5, 5.41) is 12.6. The number of fused-ring (bicyclic) bond motifs is 1. The molecule has 1 aromatic carbocycles. The van der Waals surface area contributed by atoms with Gasteiger partial charge in [-0.15, -0.1) is 0 Å². The van der Waals surface area contributed by atoms with Crippen molar-refractivity contribution in [3.63, 3.8) is 0 Å². The van der Waals surface area contributed by atoms with Crippen molar-refractivity contribution in [1.82, 2.24) is 5.32 Å². The lowest BCUT2D eigenvalue weighted by Gasteiger charge is -2.28. The Kier molecular flexibility index (Phi) is 3.63. The zero-order valence-electron chi connectivity index (χ0n) is 10.7. The van der Waals surface area contributed by atoms with Gasteiger partial charge in [-0.05, 0) is 61.3 Å². The third-order valence-corrected chi connectivity index (χ3v) is 4.66. The van der Waals surface area contributed by atoms with Crippen LogP contribution in [0.15, 0.2) is 22.7 Å². The number of nitrogens with one attached hydrogen (secondary N) is 1. The van der Waals surface area contributed by atoms with Crippen LogP contribution in [0.25, 0.3) is 0 Å². The van der Waals surface area contributed by atoms with Gasteiger partial charge in [0.1, 0.15) is 6.04 Å². The summed E-state index contributed by atoms with van der Waals surface area (Å²) >= 11 is 3.50. The Morgan fingerprint density at radius 3 is 2.79 bits per heavy atom. The van der Waals surface area contributed by atoms with E-state index in [1.807, 2.05) is 0 Å². The van der Waals surface area contributed by atoms with E-state index in [9.17, 15) is 9.90 Å². The zero-order valence-corrected chi connectivity index (χ0v) is 12.3. The number of benzene rings is 1. The highest BCUT2D eigenvalue weighted by molar-refractivity contribution is 9.10. The lowest BCUT2D eigenvalue weighted by atomic mass is 9.88. The SMILES string of the molecule is O=C(O)C(NC1CCc2cc(Br)ccc2C1)C1CC1. The van der Waals surface area contributed by atoms with Gasteiger partial charge >= 0.3 is 5.97 Å². The van der Waals surface area contributed by atoms with Gasteiger partial charge in [0.05, 0.1) is 0 Å². The maximum atomic E-state index is 11.3. The summed E-state index contributed by atoms with van der Waals surface area (Å²) in [6.45, 7) is 0. The van der Waals surface area contributed by atoms with Crippen LogP contribution in [-0.2, 0) is 17.6 Å². The van der Waals surface area contributed by atoms with Crippen LogP contribution in [0.3, 0.4) is 0 Å². The molecule has 0 heterocycles. The summed E-state index contributed by atoms with van der Waals surface area (Å²) in [6.07, 6.45) is 5.11. The van der Waals surface area contributed by atoms with Gasteiger partial charge in [0.15, 0.2) is 0 Å². The molecule has 1 aromatic rings. The molecule has 4 heteroatoms. The summed E-state index contributed by atoms with van der Waals surface area (Å²) in [5.41, 5.74) is 2.75. The number of hydrogen-bond donors (Lipinski definition) is 2. The summed E-state index contributed by atoms with van der Waals surface area (Å²) in [6, 6.07) is 6.36. The number of carbonyl (C=O) groups is 1. The lowest BCUT2D eigenvalue weighted by Crippen LogP contribution is -2.46. The van der Waals surface area contributed by atoms with Gasteiger partial charge in [0.25, 0.3) is 0 Å². The van der Waals surface area contributed by atoms with Crippen LogP contribution in [-0.4, -0.2) is 23.2 Å². The fourth-order valence-electron chi connectivity index (χ4n) is 2.96. The molecular formula is C15H18BrNO2. The number of aryl methyl sites for hydroxylation is 1. The summed E-state index contributed by atoms with van der Waals surface area (Å²) in [4.78, 5) is 11.3. The van der Waals surface area contributed by atoms with E-state index in [-0.39, 0.29) is 6.04 Å². The lowest BCUT2D eigenvalue weighted by molar-refractivity contribution is -0.140. The Hall–Kier alpha value is -0.870. The fraction of sp³-hybridized carbons (Fsp3) is 0.533. The Labute approximate surface area is 121 Å². The summed E-state index contributed by atoms with van der Waals surface area (Å²) in [7, 11) is 0. The molecule has 0 saturated heterocycles. The minimum atomic E-state index is -0.691. The molecule has 0 aliphatic heterocycles. The van der Waals surface area contributed by atoms with Crippen molar-refractivity contribution in [3.8, 4) is 0 Å². The molecular weight excluding hydrogens is 306 g/mol. The van der Waals surface area contributed by atoms with Crippen LogP contribution in [0.1, 0.15) is 30.4 Å². The van der Waals surface area contributed by atoms with Crippen LogP contribution >= 0.6 is 15.9 Å². The molecule has 0 spiro atoms. The Bertz CT molecular complexity index is 499. The Morgan fingerprint density at radius 2 is 2.11 bits per heavy atom. The predicted molar refractivity (Wildman–Crippen MR) is 77.2 cm³/mol. The third kappa shape index (κ3) is 3.00. The van der Waals surface area contributed by atoms with Crippen molar-refractivity contribution in [2.24, 2.45) is 5.92 Å². The normalized spacial score (nSPS) is 23.7. The maximum Gasteiger partial charge on any atom is 0.320 e. The van der Waals surface area contributed by atoms with E-state index in [0.717, 1.165) is 36.6 Å². The second-order valence-corrected chi connectivity index (χ2v) is 6.59. The van der Waals surface area contributed by atoms with Gasteiger partial charge < -0.3 is 10.4 Å². The van der Waals surface area contributed by atoms with Gasteiger partial charge in [-0.1, -0.05) is 22.0 Å². The van der Waals surface area contributed by atoms with Crippen molar-refractivity contribution in [1.29, 1.82) is 0 Å².